The van der Waals surface area contributed by atoms with Gasteiger partial charge in [0, 0.05) is 12.5 Å². The van der Waals surface area contributed by atoms with Crippen molar-refractivity contribution in [1.82, 2.24) is 10.6 Å². The Balaban J connectivity index is 2.33. The van der Waals surface area contributed by atoms with Gasteiger partial charge in [-0.3, -0.25) is 4.79 Å². The summed E-state index contributed by atoms with van der Waals surface area (Å²) >= 11 is 0. The van der Waals surface area contributed by atoms with Crippen LogP contribution in [-0.4, -0.2) is 40.3 Å². The highest BCUT2D eigenvalue weighted by atomic mass is 16.4. The molecule has 0 aliphatic heterocycles. The fraction of sp³-hybridized carbons (Fsp3) is 0.700. The van der Waals surface area contributed by atoms with E-state index in [1.165, 1.54) is 0 Å². The molecule has 17 heavy (non-hydrogen) atoms. The zero-order valence-corrected chi connectivity index (χ0v) is 9.31. The van der Waals surface area contributed by atoms with Gasteiger partial charge in [0.05, 0.1) is 0 Å². The van der Waals surface area contributed by atoms with Crippen LogP contribution < -0.4 is 10.6 Å². The summed E-state index contributed by atoms with van der Waals surface area (Å²) in [5.41, 5.74) is 0. The van der Waals surface area contributed by atoms with E-state index in [-0.39, 0.29) is 18.9 Å². The Labute approximate surface area is 98.2 Å². The van der Waals surface area contributed by atoms with Crippen LogP contribution in [0.4, 0.5) is 4.79 Å². The van der Waals surface area contributed by atoms with Gasteiger partial charge in [0.1, 0.15) is 6.04 Å². The van der Waals surface area contributed by atoms with Crippen molar-refractivity contribution >= 4 is 18.0 Å². The van der Waals surface area contributed by atoms with Crippen molar-refractivity contribution in [3.8, 4) is 0 Å². The lowest BCUT2D eigenvalue weighted by atomic mass is 9.93. The van der Waals surface area contributed by atoms with E-state index in [0.717, 1.165) is 19.3 Å². The van der Waals surface area contributed by atoms with Crippen LogP contribution in [0, 0.1) is 0 Å². The molecule has 0 aromatic carbocycles. The summed E-state index contributed by atoms with van der Waals surface area (Å²) in [6, 6.07) is -1.59. The molecule has 2 amide bonds. The molecule has 0 bridgehead atoms. The summed E-state index contributed by atoms with van der Waals surface area (Å²) in [6.45, 7) is 0. The number of carbonyl (C=O) groups excluding carboxylic acids is 1. The number of nitrogens with one attached hydrogen (secondary N) is 2. The zero-order valence-electron chi connectivity index (χ0n) is 9.31. The van der Waals surface area contributed by atoms with Crippen LogP contribution in [0.15, 0.2) is 0 Å². The summed E-state index contributed by atoms with van der Waals surface area (Å²) in [7, 11) is 0. The summed E-state index contributed by atoms with van der Waals surface area (Å²) in [5.74, 6) is -2.31. The Bertz CT molecular complexity index is 314. The normalized spacial score (nSPS) is 16.7. The van der Waals surface area contributed by atoms with Crippen molar-refractivity contribution in [2.45, 2.75) is 44.2 Å². The van der Waals surface area contributed by atoms with E-state index in [1.807, 2.05) is 0 Å². The number of carboxylic acid groups (broad SMARTS) is 2. The quantitative estimate of drug-likeness (QED) is 0.531. The van der Waals surface area contributed by atoms with Gasteiger partial charge in [-0.15, -0.1) is 0 Å². The van der Waals surface area contributed by atoms with Crippen molar-refractivity contribution in [2.24, 2.45) is 0 Å². The number of aliphatic carboxylic acids is 2. The predicted octanol–water partition coefficient (Wildman–Crippen LogP) is 0.156. The van der Waals surface area contributed by atoms with Crippen molar-refractivity contribution in [2.75, 3.05) is 0 Å². The first kappa shape index (κ1) is 13.3. The molecule has 0 saturated heterocycles. The molecule has 7 nitrogen and oxygen atoms in total. The summed E-state index contributed by atoms with van der Waals surface area (Å²) < 4.78 is 0. The molecule has 1 rings (SSSR count). The van der Waals surface area contributed by atoms with Crippen molar-refractivity contribution in [3.63, 3.8) is 0 Å². The van der Waals surface area contributed by atoms with Crippen LogP contribution in [-0.2, 0) is 9.59 Å². The van der Waals surface area contributed by atoms with Gasteiger partial charge in [-0.1, -0.05) is 0 Å². The van der Waals surface area contributed by atoms with Gasteiger partial charge in [-0.05, 0) is 25.7 Å². The molecule has 7 heteroatoms. The highest BCUT2D eigenvalue weighted by Gasteiger charge is 2.24. The minimum Gasteiger partial charge on any atom is -0.481 e. The highest BCUT2D eigenvalue weighted by Crippen LogP contribution is 2.17. The van der Waals surface area contributed by atoms with E-state index in [1.54, 1.807) is 0 Å². The average molecular weight is 244 g/mol. The molecule has 1 aliphatic rings. The van der Waals surface area contributed by atoms with Gasteiger partial charge in [-0.25, -0.2) is 9.59 Å². The predicted molar refractivity (Wildman–Crippen MR) is 57.6 cm³/mol. The molecule has 1 atom stereocenters. The fourth-order valence-corrected chi connectivity index (χ4v) is 1.46. The monoisotopic (exact) mass is 244 g/mol. The molecule has 0 aromatic heterocycles. The lowest BCUT2D eigenvalue weighted by Crippen LogP contribution is -2.50. The summed E-state index contributed by atoms with van der Waals surface area (Å²) in [6.07, 6.45) is 2.45. The van der Waals surface area contributed by atoms with E-state index < -0.39 is 24.0 Å². The van der Waals surface area contributed by atoms with Crippen LogP contribution in [0.3, 0.4) is 0 Å². The highest BCUT2D eigenvalue weighted by molar-refractivity contribution is 5.83. The van der Waals surface area contributed by atoms with E-state index >= 15 is 0 Å². The maximum absolute atomic E-state index is 11.4. The van der Waals surface area contributed by atoms with E-state index in [4.69, 9.17) is 10.2 Å². The third-order valence-electron chi connectivity index (χ3n) is 2.69. The molecule has 1 aliphatic carbocycles. The standard InChI is InChI=1S/C10H16N2O5/c13-8(14)5-4-7(9(15)16)12-10(17)11-6-2-1-3-6/h6-7H,1-5H2,(H,13,14)(H,15,16)(H2,11,12,17). The van der Waals surface area contributed by atoms with E-state index in [9.17, 15) is 14.4 Å². The number of rotatable bonds is 6. The lowest BCUT2D eigenvalue weighted by molar-refractivity contribution is -0.140. The second-order valence-corrected chi connectivity index (χ2v) is 4.07. The molecule has 96 valence electrons. The smallest absolute Gasteiger partial charge is 0.326 e. The zero-order chi connectivity index (χ0) is 12.8. The minimum absolute atomic E-state index is 0.115. The van der Waals surface area contributed by atoms with Crippen molar-refractivity contribution in [3.05, 3.63) is 0 Å². The largest absolute Gasteiger partial charge is 0.481 e. The second-order valence-electron chi connectivity index (χ2n) is 4.07. The maximum Gasteiger partial charge on any atom is 0.326 e. The molecule has 1 saturated carbocycles. The number of carboxylic acids is 2. The molecular weight excluding hydrogens is 228 g/mol. The van der Waals surface area contributed by atoms with E-state index in [2.05, 4.69) is 10.6 Å². The van der Waals surface area contributed by atoms with Crippen LogP contribution in [0.1, 0.15) is 32.1 Å². The molecule has 4 N–H and O–H groups in total. The number of hydrogen-bond donors (Lipinski definition) is 4. The average Bonchev–Trinajstić information content (AvgIpc) is 2.17. The van der Waals surface area contributed by atoms with E-state index in [0.29, 0.717) is 0 Å². The molecule has 0 heterocycles. The number of urea groups is 1. The third kappa shape index (κ3) is 4.71. The maximum atomic E-state index is 11.4. The Kier molecular flexibility index (Phi) is 4.74. The van der Waals surface area contributed by atoms with Crippen LogP contribution in [0.25, 0.3) is 0 Å². The van der Waals surface area contributed by atoms with Gasteiger partial charge < -0.3 is 20.8 Å². The van der Waals surface area contributed by atoms with Gasteiger partial charge in [0.25, 0.3) is 0 Å². The Morgan fingerprint density at radius 1 is 1.24 bits per heavy atom. The first-order valence-corrected chi connectivity index (χ1v) is 5.50. The van der Waals surface area contributed by atoms with Gasteiger partial charge >= 0.3 is 18.0 Å². The second kappa shape index (κ2) is 6.07. The fourth-order valence-electron chi connectivity index (χ4n) is 1.46. The first-order valence-electron chi connectivity index (χ1n) is 5.50. The Hall–Kier alpha value is -1.79. The summed E-state index contributed by atoms with van der Waals surface area (Å²) in [5, 5.41) is 22.1. The van der Waals surface area contributed by atoms with Gasteiger partial charge in [0.15, 0.2) is 0 Å². The number of amides is 2. The van der Waals surface area contributed by atoms with Crippen molar-refractivity contribution in [1.29, 1.82) is 0 Å². The topological polar surface area (TPSA) is 116 Å². The van der Waals surface area contributed by atoms with Gasteiger partial charge in [-0.2, -0.15) is 0 Å². The number of carbonyl (C=O) groups is 3. The van der Waals surface area contributed by atoms with Crippen LogP contribution in [0.2, 0.25) is 0 Å². The molecule has 1 unspecified atom stereocenters. The summed E-state index contributed by atoms with van der Waals surface area (Å²) in [4.78, 5) is 32.5. The SMILES string of the molecule is O=C(O)CCC(NC(=O)NC1CCC1)C(=O)O. The Morgan fingerprint density at radius 3 is 2.29 bits per heavy atom. The Morgan fingerprint density at radius 2 is 1.88 bits per heavy atom. The number of hydrogen-bond acceptors (Lipinski definition) is 3. The minimum atomic E-state index is -1.23. The van der Waals surface area contributed by atoms with Crippen LogP contribution >= 0.6 is 0 Å². The lowest BCUT2D eigenvalue weighted by Gasteiger charge is -2.27. The molecular formula is C10H16N2O5. The molecule has 0 radical (unpaired) electrons. The third-order valence-corrected chi connectivity index (χ3v) is 2.69. The molecule has 0 aromatic rings. The van der Waals surface area contributed by atoms with Gasteiger partial charge in [0.2, 0.25) is 0 Å². The van der Waals surface area contributed by atoms with Crippen LogP contribution in [0.5, 0.6) is 0 Å². The molecule has 0 spiro atoms. The first-order chi connectivity index (χ1) is 7.99. The molecule has 1 fully saturated rings. The van der Waals surface area contributed by atoms with Crippen molar-refractivity contribution < 1.29 is 24.6 Å².